The van der Waals surface area contributed by atoms with Crippen LogP contribution in [0, 0.1) is 30.3 Å². The van der Waals surface area contributed by atoms with Crippen LogP contribution in [0.5, 0.6) is 0 Å². The van der Waals surface area contributed by atoms with E-state index in [2.05, 4.69) is 51.5 Å². The molecular weight excluding hydrogens is 493 g/mol. The van der Waals surface area contributed by atoms with Gasteiger partial charge in [0.2, 0.25) is 0 Å². The van der Waals surface area contributed by atoms with E-state index in [1.807, 2.05) is 0 Å². The SMILES string of the molecule is CC1=NCC[N-]C(C)(C)CC(C)=NCC[N-]C(C)(C)C1.O=[N+]([O-])O.O=[N+]([O-])O.O=[N+]([O-])O.[Co+2]. The van der Waals surface area contributed by atoms with Gasteiger partial charge >= 0.3 is 16.8 Å². The van der Waals surface area contributed by atoms with Crippen LogP contribution >= 0.6 is 0 Å². The summed E-state index contributed by atoms with van der Waals surface area (Å²) in [5.74, 6) is 0. The second kappa shape index (κ2) is 20.0. The molecular formula is C16H33CoN7O9. The first kappa shape index (κ1) is 37.7. The number of nitrogens with zero attached hydrogens (tertiary/aromatic N) is 7. The second-order valence-electron chi connectivity index (χ2n) is 7.69. The van der Waals surface area contributed by atoms with Crippen LogP contribution in [0.3, 0.4) is 0 Å². The molecule has 3 N–H and O–H groups in total. The average molecular weight is 526 g/mol. The van der Waals surface area contributed by atoms with Gasteiger partial charge in [0.15, 0.2) is 0 Å². The van der Waals surface area contributed by atoms with Crippen molar-refractivity contribution in [2.75, 3.05) is 26.2 Å². The smallest absolute Gasteiger partial charge is 0.655 e. The summed E-state index contributed by atoms with van der Waals surface area (Å²) in [6.07, 6.45) is 1.83. The Bertz CT molecular complexity index is 567. The zero-order valence-electron chi connectivity index (χ0n) is 19.5. The Morgan fingerprint density at radius 3 is 1.15 bits per heavy atom. The summed E-state index contributed by atoms with van der Waals surface area (Å²) in [5.41, 5.74) is 2.25. The van der Waals surface area contributed by atoms with Crippen molar-refractivity contribution in [1.82, 2.24) is 0 Å². The Balaban J connectivity index is -0.000000268. The van der Waals surface area contributed by atoms with Gasteiger partial charge in [-0.2, -0.15) is 0 Å². The van der Waals surface area contributed by atoms with Crippen molar-refractivity contribution in [3.8, 4) is 0 Å². The van der Waals surface area contributed by atoms with Crippen LogP contribution in [-0.4, -0.2) is 79.6 Å². The van der Waals surface area contributed by atoms with Crippen LogP contribution in [0.15, 0.2) is 9.98 Å². The van der Waals surface area contributed by atoms with Crippen molar-refractivity contribution in [2.45, 2.75) is 65.5 Å². The molecule has 1 aliphatic rings. The summed E-state index contributed by atoms with van der Waals surface area (Å²) in [4.78, 5) is 34.3. The van der Waals surface area contributed by atoms with E-state index in [4.69, 9.17) is 56.6 Å². The summed E-state index contributed by atoms with van der Waals surface area (Å²) in [6, 6.07) is 0. The predicted molar refractivity (Wildman–Crippen MR) is 116 cm³/mol. The van der Waals surface area contributed by atoms with Crippen LogP contribution in [-0.2, 0) is 16.8 Å². The largest absolute Gasteiger partial charge is 2.00 e. The van der Waals surface area contributed by atoms with Gasteiger partial charge < -0.3 is 26.3 Å². The van der Waals surface area contributed by atoms with Gasteiger partial charge in [-0.05, 0) is 26.7 Å². The minimum absolute atomic E-state index is 0. The Hall–Kier alpha value is -2.63. The maximum atomic E-state index is 8.36. The van der Waals surface area contributed by atoms with Crippen LogP contribution in [0.1, 0.15) is 54.4 Å². The van der Waals surface area contributed by atoms with E-state index in [0.717, 1.165) is 39.0 Å². The fourth-order valence-corrected chi connectivity index (χ4v) is 2.66. The number of hydrogen-bond donors (Lipinski definition) is 3. The first-order valence-electron chi connectivity index (χ1n) is 9.27. The van der Waals surface area contributed by atoms with E-state index >= 15 is 0 Å². The van der Waals surface area contributed by atoms with Crippen LogP contribution in [0.4, 0.5) is 0 Å². The molecule has 1 heterocycles. The Kier molecular flexibility index (Phi) is 22.8. The molecule has 195 valence electrons. The third-order valence-electron chi connectivity index (χ3n) is 3.42. The molecule has 1 radical (unpaired) electrons. The van der Waals surface area contributed by atoms with E-state index in [1.165, 1.54) is 11.4 Å². The van der Waals surface area contributed by atoms with Gasteiger partial charge in [0.25, 0.3) is 15.3 Å². The molecule has 0 spiro atoms. The third kappa shape index (κ3) is 40.3. The van der Waals surface area contributed by atoms with Crippen LogP contribution < -0.4 is 0 Å². The van der Waals surface area contributed by atoms with Gasteiger partial charge in [0.05, 0.1) is 0 Å². The van der Waals surface area contributed by atoms with Crippen molar-refractivity contribution < 1.29 is 47.7 Å². The summed E-state index contributed by atoms with van der Waals surface area (Å²) in [7, 11) is 0. The minimum atomic E-state index is -1.50. The fraction of sp³-hybridized carbons (Fsp3) is 0.875. The van der Waals surface area contributed by atoms with E-state index in [9.17, 15) is 0 Å². The third-order valence-corrected chi connectivity index (χ3v) is 3.42. The van der Waals surface area contributed by atoms with Gasteiger partial charge in [-0.25, -0.2) is 0 Å². The minimum Gasteiger partial charge on any atom is -0.655 e. The van der Waals surface area contributed by atoms with E-state index in [0.29, 0.717) is 0 Å². The predicted octanol–water partition coefficient (Wildman–Crippen LogP) is 2.96. The molecule has 0 aromatic carbocycles. The molecule has 0 aromatic heterocycles. The van der Waals surface area contributed by atoms with E-state index < -0.39 is 15.3 Å². The van der Waals surface area contributed by atoms with Crippen molar-refractivity contribution in [1.29, 1.82) is 0 Å². The molecule has 0 aliphatic carbocycles. The summed E-state index contributed by atoms with van der Waals surface area (Å²) in [6.45, 7) is 16.0. The molecule has 1 rings (SSSR count). The zero-order chi connectivity index (χ0) is 26.0. The van der Waals surface area contributed by atoms with Crippen molar-refractivity contribution in [2.24, 2.45) is 9.98 Å². The summed E-state index contributed by atoms with van der Waals surface area (Å²) in [5, 5.41) is 50.4. The van der Waals surface area contributed by atoms with Gasteiger partial charge in [0, 0.05) is 24.5 Å². The molecule has 0 bridgehead atoms. The van der Waals surface area contributed by atoms with Crippen LogP contribution in [0.2, 0.25) is 0 Å². The quantitative estimate of drug-likeness (QED) is 0.310. The molecule has 0 unspecified atom stereocenters. The molecule has 17 heteroatoms. The monoisotopic (exact) mass is 526 g/mol. The molecule has 0 atom stereocenters. The Labute approximate surface area is 202 Å². The van der Waals surface area contributed by atoms with Gasteiger partial charge in [0.1, 0.15) is 0 Å². The molecule has 1 aliphatic heterocycles. The van der Waals surface area contributed by atoms with E-state index in [1.54, 1.807) is 0 Å². The maximum absolute atomic E-state index is 8.36. The number of aliphatic imine (C=N–C) groups is 2. The average Bonchev–Trinajstić information content (AvgIpc) is 2.52. The molecule has 33 heavy (non-hydrogen) atoms. The molecule has 16 nitrogen and oxygen atoms in total. The van der Waals surface area contributed by atoms with Crippen molar-refractivity contribution in [3.05, 3.63) is 41.0 Å². The van der Waals surface area contributed by atoms with Gasteiger partial charge in [-0.15, -0.1) is 54.5 Å². The van der Waals surface area contributed by atoms with Gasteiger partial charge in [-0.3, -0.25) is 9.98 Å². The molecule has 0 saturated heterocycles. The Morgan fingerprint density at radius 2 is 0.939 bits per heavy atom. The molecule has 0 amide bonds. The first-order valence-corrected chi connectivity index (χ1v) is 9.27. The Morgan fingerprint density at radius 1 is 0.727 bits per heavy atom. The first-order chi connectivity index (χ1) is 14.4. The topological polar surface area (TPSA) is 243 Å². The fourth-order valence-electron chi connectivity index (χ4n) is 2.66. The number of hydrogen-bond acceptors (Lipinski definition) is 8. The summed E-state index contributed by atoms with van der Waals surface area (Å²) < 4.78 is 0. The van der Waals surface area contributed by atoms with Crippen molar-refractivity contribution >= 4 is 11.4 Å². The summed E-state index contributed by atoms with van der Waals surface area (Å²) >= 11 is 0. The van der Waals surface area contributed by atoms with Crippen LogP contribution in [0.25, 0.3) is 10.6 Å². The standard InChI is InChI=1S/C16H30N4.Co.3HNO3/c1-13-11-15(3,4)19-10-8-18-14(2)12-16(5,6)20-9-7-17-13;;3*2-1(3)4/h7-12H2,1-6H3;;3*(H,2,3,4)/q-2;+2;;;. The number of rotatable bonds is 0. The maximum Gasteiger partial charge on any atom is 2.00 e. The molecule has 0 fully saturated rings. The normalized spacial score (nSPS) is 17.5. The molecule has 0 aromatic rings. The second-order valence-corrected chi connectivity index (χ2v) is 7.69. The molecule has 0 saturated carbocycles. The van der Waals surface area contributed by atoms with Crippen molar-refractivity contribution in [3.63, 3.8) is 0 Å². The van der Waals surface area contributed by atoms with Gasteiger partial charge in [-0.1, -0.05) is 27.7 Å². The zero-order valence-corrected chi connectivity index (χ0v) is 20.5. The van der Waals surface area contributed by atoms with E-state index in [-0.39, 0.29) is 27.9 Å².